The van der Waals surface area contributed by atoms with E-state index >= 15 is 0 Å². The fourth-order valence-electron chi connectivity index (χ4n) is 0.472. The first-order valence-corrected chi connectivity index (χ1v) is 5.05. The SMILES string of the molecule is O=P(=O)C1COP(=O)(O)O1. The van der Waals surface area contributed by atoms with Crippen molar-refractivity contribution in [3.8, 4) is 0 Å². The van der Waals surface area contributed by atoms with Crippen LogP contribution in [0.5, 0.6) is 0 Å². The lowest BCUT2D eigenvalue weighted by molar-refractivity contribution is 0.253. The third-order valence-electron chi connectivity index (χ3n) is 0.870. The van der Waals surface area contributed by atoms with E-state index in [0.29, 0.717) is 0 Å². The van der Waals surface area contributed by atoms with Crippen molar-refractivity contribution in [2.24, 2.45) is 0 Å². The molecule has 0 aliphatic carbocycles. The van der Waals surface area contributed by atoms with Gasteiger partial charge in [-0.25, -0.2) is 13.7 Å². The molecule has 0 aromatic rings. The minimum absolute atomic E-state index is 0.369. The maximum atomic E-state index is 10.4. The van der Waals surface area contributed by atoms with Gasteiger partial charge in [0.25, 0.3) is 0 Å². The third kappa shape index (κ3) is 1.75. The third-order valence-corrected chi connectivity index (χ3v) is 2.76. The van der Waals surface area contributed by atoms with Crippen molar-refractivity contribution >= 4 is 15.5 Å². The predicted octanol–water partition coefficient (Wildman–Crippen LogP) is 0.633. The molecule has 1 heterocycles. The summed E-state index contributed by atoms with van der Waals surface area (Å²) in [5.74, 6) is -1.27. The highest BCUT2D eigenvalue weighted by Crippen LogP contribution is 2.52. The summed E-state index contributed by atoms with van der Waals surface area (Å²) in [7, 11) is -6.88. The molecule has 0 aromatic heterocycles. The van der Waals surface area contributed by atoms with Gasteiger partial charge in [-0.3, -0.25) is 9.05 Å². The van der Waals surface area contributed by atoms with Crippen LogP contribution in [0.25, 0.3) is 0 Å². The molecule has 1 N–H and O–H groups in total. The minimum Gasteiger partial charge on any atom is -0.302 e. The Balaban J connectivity index is 2.69. The molecule has 0 bridgehead atoms. The smallest absolute Gasteiger partial charge is 0.302 e. The molecule has 1 saturated heterocycles. The van der Waals surface area contributed by atoms with Gasteiger partial charge in [0.2, 0.25) is 5.85 Å². The van der Waals surface area contributed by atoms with Crippen molar-refractivity contribution in [2.45, 2.75) is 5.85 Å². The average molecular weight is 186 g/mol. The highest BCUT2D eigenvalue weighted by atomic mass is 31.2. The van der Waals surface area contributed by atoms with Crippen LogP contribution < -0.4 is 0 Å². The predicted molar refractivity (Wildman–Crippen MR) is 28.9 cm³/mol. The molecule has 58 valence electrons. The first-order chi connectivity index (χ1) is 4.51. The van der Waals surface area contributed by atoms with Gasteiger partial charge in [-0.2, -0.15) is 0 Å². The normalized spacial score (nSPS) is 39.9. The van der Waals surface area contributed by atoms with Crippen LogP contribution in [0.15, 0.2) is 0 Å². The molecule has 0 spiro atoms. The molecule has 0 amide bonds. The second-order valence-corrected chi connectivity index (χ2v) is 4.16. The summed E-state index contributed by atoms with van der Waals surface area (Å²) in [6.45, 7) is -0.369. The van der Waals surface area contributed by atoms with Gasteiger partial charge in [0.05, 0.1) is 6.61 Å². The van der Waals surface area contributed by atoms with E-state index in [4.69, 9.17) is 4.89 Å². The fraction of sp³-hybridized carbons (Fsp3) is 1.00. The number of hydrogen-bond donors (Lipinski definition) is 1. The molecule has 1 aliphatic rings. The van der Waals surface area contributed by atoms with Crippen LogP contribution in [0.1, 0.15) is 0 Å². The van der Waals surface area contributed by atoms with Crippen molar-refractivity contribution in [3.63, 3.8) is 0 Å². The average Bonchev–Trinajstić information content (AvgIpc) is 2.10. The second-order valence-electron chi connectivity index (χ2n) is 1.61. The lowest BCUT2D eigenvalue weighted by atomic mass is 10.8. The van der Waals surface area contributed by atoms with E-state index in [-0.39, 0.29) is 6.61 Å². The minimum atomic E-state index is -4.04. The largest absolute Gasteiger partial charge is 0.473 e. The summed E-state index contributed by atoms with van der Waals surface area (Å²) in [6.07, 6.45) is 0. The monoisotopic (exact) mass is 186 g/mol. The standard InChI is InChI=1S/C2H4O6P2/c3-9(4)2-1-7-10(5,6)8-2/h2H,1H2,(H,5,6). The number of phosphoric acid groups is 1. The van der Waals surface area contributed by atoms with Gasteiger partial charge in [0.15, 0.2) is 0 Å². The Morgan fingerprint density at radius 1 is 1.60 bits per heavy atom. The van der Waals surface area contributed by atoms with Crippen molar-refractivity contribution < 1.29 is 27.6 Å². The van der Waals surface area contributed by atoms with Crippen molar-refractivity contribution in [1.82, 2.24) is 0 Å². The Labute approximate surface area is 56.6 Å². The van der Waals surface area contributed by atoms with Crippen LogP contribution in [0, 0.1) is 0 Å². The molecule has 0 aromatic carbocycles. The summed E-state index contributed by atoms with van der Waals surface area (Å²) >= 11 is 0. The Hall–Kier alpha value is 0.01000. The van der Waals surface area contributed by atoms with Crippen LogP contribution in [0.4, 0.5) is 0 Å². The van der Waals surface area contributed by atoms with Gasteiger partial charge < -0.3 is 4.89 Å². The molecule has 1 aliphatic heterocycles. The molecule has 8 heteroatoms. The highest BCUT2D eigenvalue weighted by Gasteiger charge is 2.38. The van der Waals surface area contributed by atoms with Crippen molar-refractivity contribution in [2.75, 3.05) is 6.61 Å². The molecular formula is C2H4O6P2. The van der Waals surface area contributed by atoms with Gasteiger partial charge in [0.1, 0.15) is 0 Å². The first kappa shape index (κ1) is 8.11. The van der Waals surface area contributed by atoms with E-state index in [9.17, 15) is 13.7 Å². The molecule has 2 unspecified atom stereocenters. The first-order valence-electron chi connectivity index (χ1n) is 2.30. The topological polar surface area (TPSA) is 89.9 Å². The zero-order valence-corrected chi connectivity index (χ0v) is 6.46. The van der Waals surface area contributed by atoms with Gasteiger partial charge >= 0.3 is 15.5 Å². The zero-order valence-electron chi connectivity index (χ0n) is 4.67. The van der Waals surface area contributed by atoms with Gasteiger partial charge in [-0.05, 0) is 0 Å². The molecule has 6 nitrogen and oxygen atoms in total. The lowest BCUT2D eigenvalue weighted by Gasteiger charge is -1.96. The zero-order chi connectivity index (χ0) is 7.78. The Morgan fingerprint density at radius 2 is 2.20 bits per heavy atom. The second kappa shape index (κ2) is 2.57. The van der Waals surface area contributed by atoms with E-state index in [0.717, 1.165) is 0 Å². The molecular weight excluding hydrogens is 182 g/mol. The van der Waals surface area contributed by atoms with E-state index in [1.54, 1.807) is 0 Å². The Kier molecular flexibility index (Phi) is 2.08. The lowest BCUT2D eigenvalue weighted by Crippen LogP contribution is -1.98. The van der Waals surface area contributed by atoms with Crippen LogP contribution in [-0.2, 0) is 22.7 Å². The van der Waals surface area contributed by atoms with E-state index < -0.39 is 21.3 Å². The van der Waals surface area contributed by atoms with E-state index in [1.165, 1.54) is 0 Å². The van der Waals surface area contributed by atoms with Crippen LogP contribution in [-0.4, -0.2) is 17.3 Å². The van der Waals surface area contributed by atoms with E-state index in [2.05, 4.69) is 9.05 Å². The number of hydrogen-bond acceptors (Lipinski definition) is 5. The fourth-order valence-corrected chi connectivity index (χ4v) is 2.20. The summed E-state index contributed by atoms with van der Waals surface area (Å²) in [5, 5.41) is 0. The van der Waals surface area contributed by atoms with Crippen LogP contribution >= 0.6 is 15.5 Å². The maximum Gasteiger partial charge on any atom is 0.473 e. The molecule has 0 saturated carbocycles. The molecule has 1 fully saturated rings. The number of rotatable bonds is 1. The van der Waals surface area contributed by atoms with Gasteiger partial charge in [-0.15, -0.1) is 0 Å². The Bertz CT molecular complexity index is 234. The quantitative estimate of drug-likeness (QED) is 0.604. The maximum absolute atomic E-state index is 10.4. The van der Waals surface area contributed by atoms with Gasteiger partial charge in [-0.1, -0.05) is 0 Å². The molecule has 10 heavy (non-hydrogen) atoms. The van der Waals surface area contributed by atoms with E-state index in [1.807, 2.05) is 0 Å². The van der Waals surface area contributed by atoms with Crippen molar-refractivity contribution in [3.05, 3.63) is 0 Å². The van der Waals surface area contributed by atoms with Crippen LogP contribution in [0.2, 0.25) is 0 Å². The summed E-state index contributed by atoms with van der Waals surface area (Å²) in [6, 6.07) is 0. The summed E-state index contributed by atoms with van der Waals surface area (Å²) < 4.78 is 38.8. The summed E-state index contributed by atoms with van der Waals surface area (Å²) in [5.41, 5.74) is 0. The molecule has 0 radical (unpaired) electrons. The molecule has 1 rings (SSSR count). The Morgan fingerprint density at radius 3 is 2.40 bits per heavy atom. The van der Waals surface area contributed by atoms with Crippen LogP contribution in [0.3, 0.4) is 0 Å². The summed E-state index contributed by atoms with van der Waals surface area (Å²) in [4.78, 5) is 8.46. The van der Waals surface area contributed by atoms with Gasteiger partial charge in [0, 0.05) is 0 Å². The molecule has 2 atom stereocenters. The van der Waals surface area contributed by atoms with Crippen molar-refractivity contribution in [1.29, 1.82) is 0 Å². The number of phosphoric ester groups is 1. The highest BCUT2D eigenvalue weighted by molar-refractivity contribution is 7.48.